The molecule has 3 N–H and O–H groups in total. The lowest BCUT2D eigenvalue weighted by Crippen LogP contribution is -2.26. The maximum absolute atomic E-state index is 11.8. The molecule has 1 aromatic carbocycles. The third-order valence-corrected chi connectivity index (χ3v) is 2.55. The standard InChI is InChI=1S/C13H16N2O4/c1-8(7-11(14)16)12(17)15-10-6-4-3-5-9(10)13(18)19-2/h3-6,8H,7H2,1-2H3,(H2,14,16)(H,15,17)/t8-/m1/s1. The van der Waals surface area contributed by atoms with Crippen LogP contribution in [-0.4, -0.2) is 24.9 Å². The van der Waals surface area contributed by atoms with Gasteiger partial charge in [0.1, 0.15) is 0 Å². The van der Waals surface area contributed by atoms with Crippen molar-refractivity contribution in [3.63, 3.8) is 0 Å². The van der Waals surface area contributed by atoms with Gasteiger partial charge in [-0.05, 0) is 12.1 Å². The molecule has 0 fully saturated rings. The average molecular weight is 264 g/mol. The van der Waals surface area contributed by atoms with E-state index >= 15 is 0 Å². The molecule has 0 bridgehead atoms. The van der Waals surface area contributed by atoms with Gasteiger partial charge >= 0.3 is 5.97 Å². The van der Waals surface area contributed by atoms with Crippen molar-refractivity contribution in [1.82, 2.24) is 0 Å². The Morgan fingerprint density at radius 2 is 1.95 bits per heavy atom. The van der Waals surface area contributed by atoms with Crippen molar-refractivity contribution in [3.05, 3.63) is 29.8 Å². The van der Waals surface area contributed by atoms with E-state index in [4.69, 9.17) is 5.73 Å². The lowest BCUT2D eigenvalue weighted by Gasteiger charge is -2.12. The number of carbonyl (C=O) groups is 3. The fourth-order valence-corrected chi connectivity index (χ4v) is 1.53. The van der Waals surface area contributed by atoms with Crippen molar-refractivity contribution >= 4 is 23.5 Å². The molecule has 2 amide bonds. The number of hydrogen-bond acceptors (Lipinski definition) is 4. The minimum atomic E-state index is -0.566. The summed E-state index contributed by atoms with van der Waals surface area (Å²) in [5, 5.41) is 2.58. The molecule has 0 aliphatic carbocycles. The average Bonchev–Trinajstić information content (AvgIpc) is 2.37. The van der Waals surface area contributed by atoms with Crippen LogP contribution in [0.2, 0.25) is 0 Å². The Morgan fingerprint density at radius 3 is 2.53 bits per heavy atom. The Bertz CT molecular complexity index is 499. The van der Waals surface area contributed by atoms with E-state index in [1.165, 1.54) is 7.11 Å². The normalized spacial score (nSPS) is 11.5. The summed E-state index contributed by atoms with van der Waals surface area (Å²) in [6.07, 6.45) is -0.0494. The van der Waals surface area contributed by atoms with Crippen LogP contribution in [0.3, 0.4) is 0 Å². The van der Waals surface area contributed by atoms with Crippen molar-refractivity contribution in [2.45, 2.75) is 13.3 Å². The summed E-state index contributed by atoms with van der Waals surface area (Å²) in [7, 11) is 1.26. The van der Waals surface area contributed by atoms with Crippen LogP contribution in [-0.2, 0) is 14.3 Å². The molecule has 0 aliphatic rings. The van der Waals surface area contributed by atoms with Crippen molar-refractivity contribution in [1.29, 1.82) is 0 Å². The first-order valence-corrected chi connectivity index (χ1v) is 5.72. The number of benzene rings is 1. The molecule has 102 valence electrons. The Morgan fingerprint density at radius 1 is 1.32 bits per heavy atom. The van der Waals surface area contributed by atoms with Gasteiger partial charge in [0.15, 0.2) is 0 Å². The predicted octanol–water partition coefficient (Wildman–Crippen LogP) is 0.923. The summed E-state index contributed by atoms with van der Waals surface area (Å²) in [4.78, 5) is 34.1. The van der Waals surface area contributed by atoms with Crippen LogP contribution in [0, 0.1) is 5.92 Å². The van der Waals surface area contributed by atoms with E-state index < -0.39 is 17.8 Å². The third kappa shape index (κ3) is 4.09. The summed E-state index contributed by atoms with van der Waals surface area (Å²) in [6.45, 7) is 1.58. The molecule has 0 heterocycles. The first-order chi connectivity index (χ1) is 8.95. The number of methoxy groups -OCH3 is 1. The molecule has 19 heavy (non-hydrogen) atoms. The largest absolute Gasteiger partial charge is 0.465 e. The van der Waals surface area contributed by atoms with E-state index in [1.807, 2.05) is 0 Å². The van der Waals surface area contributed by atoms with Crippen molar-refractivity contribution in [3.8, 4) is 0 Å². The summed E-state index contributed by atoms with van der Waals surface area (Å²) < 4.78 is 4.62. The second kappa shape index (κ2) is 6.53. The number of nitrogens with one attached hydrogen (secondary N) is 1. The number of rotatable bonds is 5. The molecule has 1 aromatic rings. The summed E-state index contributed by atoms with van der Waals surface area (Å²) in [6, 6.07) is 6.47. The van der Waals surface area contributed by atoms with Crippen LogP contribution in [0.5, 0.6) is 0 Å². The number of amides is 2. The number of anilines is 1. The highest BCUT2D eigenvalue weighted by Crippen LogP contribution is 2.17. The fourth-order valence-electron chi connectivity index (χ4n) is 1.53. The van der Waals surface area contributed by atoms with Crippen LogP contribution >= 0.6 is 0 Å². The number of esters is 1. The van der Waals surface area contributed by atoms with E-state index in [2.05, 4.69) is 10.1 Å². The zero-order chi connectivity index (χ0) is 14.4. The number of nitrogens with two attached hydrogens (primary N) is 1. The predicted molar refractivity (Wildman–Crippen MR) is 69.4 cm³/mol. The van der Waals surface area contributed by atoms with Gasteiger partial charge in [0, 0.05) is 12.3 Å². The van der Waals surface area contributed by atoms with Gasteiger partial charge in [-0.1, -0.05) is 19.1 Å². The molecule has 6 nitrogen and oxygen atoms in total. The molecule has 0 spiro atoms. The second-order valence-corrected chi connectivity index (χ2v) is 4.10. The highest BCUT2D eigenvalue weighted by atomic mass is 16.5. The van der Waals surface area contributed by atoms with Crippen LogP contribution < -0.4 is 11.1 Å². The molecule has 0 saturated heterocycles. The van der Waals surface area contributed by atoms with Gasteiger partial charge in [-0.25, -0.2) is 4.79 Å². The monoisotopic (exact) mass is 264 g/mol. The Kier molecular flexibility index (Phi) is 5.05. The molecule has 0 unspecified atom stereocenters. The summed E-state index contributed by atoms with van der Waals surface area (Å²) in [5.74, 6) is -2.04. The quantitative estimate of drug-likeness (QED) is 0.772. The Hall–Kier alpha value is -2.37. The van der Waals surface area contributed by atoms with Crippen LogP contribution in [0.1, 0.15) is 23.7 Å². The van der Waals surface area contributed by atoms with Crippen molar-refractivity contribution < 1.29 is 19.1 Å². The zero-order valence-electron chi connectivity index (χ0n) is 10.8. The smallest absolute Gasteiger partial charge is 0.339 e. The zero-order valence-corrected chi connectivity index (χ0v) is 10.8. The van der Waals surface area contributed by atoms with Gasteiger partial charge in [0.05, 0.1) is 18.4 Å². The van der Waals surface area contributed by atoms with Crippen LogP contribution in [0.25, 0.3) is 0 Å². The SMILES string of the molecule is COC(=O)c1ccccc1NC(=O)[C@H](C)CC(N)=O. The molecule has 6 heteroatoms. The van der Waals surface area contributed by atoms with Gasteiger partial charge in [-0.2, -0.15) is 0 Å². The molecular formula is C13H16N2O4. The van der Waals surface area contributed by atoms with Gasteiger partial charge in [-0.15, -0.1) is 0 Å². The molecule has 0 saturated carbocycles. The van der Waals surface area contributed by atoms with E-state index in [-0.39, 0.29) is 17.9 Å². The first kappa shape index (κ1) is 14.7. The van der Waals surface area contributed by atoms with Gasteiger partial charge < -0.3 is 15.8 Å². The molecule has 0 radical (unpaired) electrons. The maximum Gasteiger partial charge on any atom is 0.339 e. The highest BCUT2D eigenvalue weighted by Gasteiger charge is 2.18. The molecule has 1 rings (SSSR count). The van der Waals surface area contributed by atoms with Gasteiger partial charge in [-0.3, -0.25) is 9.59 Å². The topological polar surface area (TPSA) is 98.5 Å². The second-order valence-electron chi connectivity index (χ2n) is 4.10. The maximum atomic E-state index is 11.8. The van der Waals surface area contributed by atoms with Crippen LogP contribution in [0.4, 0.5) is 5.69 Å². The van der Waals surface area contributed by atoms with Crippen LogP contribution in [0.15, 0.2) is 24.3 Å². The van der Waals surface area contributed by atoms with Crippen molar-refractivity contribution in [2.24, 2.45) is 11.7 Å². The van der Waals surface area contributed by atoms with Gasteiger partial charge in [0.25, 0.3) is 0 Å². The fraction of sp³-hybridized carbons (Fsp3) is 0.308. The lowest BCUT2D eigenvalue weighted by molar-refractivity contribution is -0.125. The van der Waals surface area contributed by atoms with E-state index in [0.29, 0.717) is 5.69 Å². The number of hydrogen-bond donors (Lipinski definition) is 2. The van der Waals surface area contributed by atoms with Crippen molar-refractivity contribution in [2.75, 3.05) is 12.4 Å². The Labute approximate surface area is 110 Å². The minimum Gasteiger partial charge on any atom is -0.465 e. The van der Waals surface area contributed by atoms with E-state index in [0.717, 1.165) is 0 Å². The highest BCUT2D eigenvalue weighted by molar-refractivity contribution is 6.02. The Balaban J connectivity index is 2.85. The first-order valence-electron chi connectivity index (χ1n) is 5.72. The number of ether oxygens (including phenoxy) is 1. The number of para-hydroxylation sites is 1. The number of primary amides is 1. The molecule has 0 aromatic heterocycles. The molecule has 1 atom stereocenters. The lowest BCUT2D eigenvalue weighted by atomic mass is 10.1. The minimum absolute atomic E-state index is 0.0494. The van der Waals surface area contributed by atoms with E-state index in [9.17, 15) is 14.4 Å². The molecule has 0 aliphatic heterocycles. The molecular weight excluding hydrogens is 248 g/mol. The third-order valence-electron chi connectivity index (χ3n) is 2.55. The van der Waals surface area contributed by atoms with E-state index in [1.54, 1.807) is 31.2 Å². The summed E-state index contributed by atoms with van der Waals surface area (Å²) >= 11 is 0. The summed E-state index contributed by atoms with van der Waals surface area (Å²) in [5.41, 5.74) is 5.63. The number of carbonyl (C=O) groups excluding carboxylic acids is 3. The van der Waals surface area contributed by atoms with Gasteiger partial charge in [0.2, 0.25) is 11.8 Å².